The van der Waals surface area contributed by atoms with Crippen LogP contribution in [0.5, 0.6) is 0 Å². The van der Waals surface area contributed by atoms with Crippen LogP contribution in [-0.2, 0) is 19.1 Å². The summed E-state index contributed by atoms with van der Waals surface area (Å²) < 4.78 is 5.06. The van der Waals surface area contributed by atoms with Gasteiger partial charge in [0.1, 0.15) is 0 Å². The average molecular weight is 460 g/mol. The fraction of sp³-hybridized carbons (Fsp3) is 0.269. The van der Waals surface area contributed by atoms with Gasteiger partial charge in [0.15, 0.2) is 12.4 Å². The Kier molecular flexibility index (Phi) is 6.40. The smallest absolute Gasteiger partial charge is 0.338 e. The number of hydrogen-bond donors (Lipinski definition) is 1. The van der Waals surface area contributed by atoms with Gasteiger partial charge in [0.25, 0.3) is 5.91 Å². The third-order valence-electron chi connectivity index (χ3n) is 6.12. The summed E-state index contributed by atoms with van der Waals surface area (Å²) in [6.07, 6.45) is 4.45. The van der Waals surface area contributed by atoms with E-state index in [1.165, 1.54) is 42.2 Å². The first-order valence-electron chi connectivity index (χ1n) is 11.0. The highest BCUT2D eigenvalue weighted by molar-refractivity contribution is 6.22. The number of rotatable bonds is 6. The molecule has 1 heterocycles. The molecule has 0 saturated carbocycles. The van der Waals surface area contributed by atoms with E-state index in [2.05, 4.69) is 5.32 Å². The second kappa shape index (κ2) is 9.43. The van der Waals surface area contributed by atoms with Crippen LogP contribution in [0.4, 0.5) is 11.4 Å². The number of fused-ring (bicyclic) bond motifs is 1. The second-order valence-electron chi connectivity index (χ2n) is 8.48. The van der Waals surface area contributed by atoms with Gasteiger partial charge < -0.3 is 10.1 Å². The molecule has 1 aliphatic heterocycles. The SMILES string of the molecule is CC(=O)c1cccc(NC(=O)COC(=O)c2ccc(N3C(=O)[C@@H]4[C@H](C)C=CC[C@H]4C3=O)cc2)c1. The summed E-state index contributed by atoms with van der Waals surface area (Å²) in [6.45, 7) is 2.84. The van der Waals surface area contributed by atoms with Gasteiger partial charge in [0.2, 0.25) is 11.8 Å². The predicted octanol–water partition coefficient (Wildman–Crippen LogP) is 3.39. The topological polar surface area (TPSA) is 110 Å². The molecule has 1 fully saturated rings. The van der Waals surface area contributed by atoms with E-state index >= 15 is 0 Å². The van der Waals surface area contributed by atoms with Crippen molar-refractivity contribution in [1.29, 1.82) is 0 Å². The van der Waals surface area contributed by atoms with Crippen LogP contribution in [0.25, 0.3) is 0 Å². The first kappa shape index (κ1) is 23.1. The van der Waals surface area contributed by atoms with Crippen LogP contribution in [-0.4, -0.2) is 36.1 Å². The molecule has 0 spiro atoms. The number of esters is 1. The van der Waals surface area contributed by atoms with E-state index in [0.717, 1.165) is 0 Å². The lowest BCUT2D eigenvalue weighted by Gasteiger charge is -2.22. The lowest BCUT2D eigenvalue weighted by molar-refractivity contribution is -0.123. The quantitative estimate of drug-likeness (QED) is 0.306. The molecule has 0 unspecified atom stereocenters. The van der Waals surface area contributed by atoms with Crippen molar-refractivity contribution < 1.29 is 28.7 Å². The Morgan fingerprint density at radius 3 is 2.44 bits per heavy atom. The van der Waals surface area contributed by atoms with Crippen LogP contribution in [0.1, 0.15) is 41.0 Å². The van der Waals surface area contributed by atoms with Gasteiger partial charge in [-0.05, 0) is 55.7 Å². The van der Waals surface area contributed by atoms with Crippen molar-refractivity contribution in [2.75, 3.05) is 16.8 Å². The number of imide groups is 1. The molecule has 0 aromatic heterocycles. The lowest BCUT2D eigenvalue weighted by atomic mass is 9.78. The van der Waals surface area contributed by atoms with E-state index < -0.39 is 18.5 Å². The maximum atomic E-state index is 12.9. The van der Waals surface area contributed by atoms with E-state index in [0.29, 0.717) is 23.4 Å². The molecule has 2 aliphatic rings. The van der Waals surface area contributed by atoms with Gasteiger partial charge in [-0.15, -0.1) is 0 Å². The fourth-order valence-electron chi connectivity index (χ4n) is 4.38. The Morgan fingerprint density at radius 2 is 1.76 bits per heavy atom. The average Bonchev–Trinajstić information content (AvgIpc) is 3.08. The Morgan fingerprint density at radius 1 is 1.03 bits per heavy atom. The maximum Gasteiger partial charge on any atom is 0.338 e. The molecule has 1 N–H and O–H groups in total. The minimum atomic E-state index is -0.718. The standard InChI is InChI=1S/C26H24N2O6/c1-15-5-3-8-21-23(15)25(32)28(24(21)31)20-11-9-17(10-12-20)26(33)34-14-22(30)27-19-7-4-6-18(13-19)16(2)29/h3-7,9-13,15,21,23H,8,14H2,1-2H3,(H,27,30)/t15-,21-,23-/m1/s1. The second-order valence-corrected chi connectivity index (χ2v) is 8.48. The molecule has 2 aromatic rings. The van der Waals surface area contributed by atoms with Crippen LogP contribution in [0.3, 0.4) is 0 Å². The molecule has 2 aromatic carbocycles. The molecule has 8 heteroatoms. The van der Waals surface area contributed by atoms with Crippen molar-refractivity contribution in [3.05, 3.63) is 71.8 Å². The van der Waals surface area contributed by atoms with E-state index in [-0.39, 0.29) is 40.9 Å². The highest BCUT2D eigenvalue weighted by atomic mass is 16.5. The minimum absolute atomic E-state index is 0.00877. The van der Waals surface area contributed by atoms with Crippen molar-refractivity contribution in [1.82, 2.24) is 0 Å². The number of nitrogens with zero attached hydrogens (tertiary/aromatic N) is 1. The van der Waals surface area contributed by atoms with Gasteiger partial charge in [-0.2, -0.15) is 0 Å². The van der Waals surface area contributed by atoms with Crippen molar-refractivity contribution in [3.8, 4) is 0 Å². The minimum Gasteiger partial charge on any atom is -0.452 e. The van der Waals surface area contributed by atoms with Crippen LogP contribution in [0, 0.1) is 17.8 Å². The van der Waals surface area contributed by atoms with Gasteiger partial charge in [0.05, 0.1) is 23.1 Å². The van der Waals surface area contributed by atoms with Gasteiger partial charge >= 0.3 is 5.97 Å². The molecule has 4 rings (SSSR count). The zero-order chi connectivity index (χ0) is 24.4. The lowest BCUT2D eigenvalue weighted by Crippen LogP contribution is -2.31. The Balaban J connectivity index is 1.36. The number of nitrogens with one attached hydrogen (secondary N) is 1. The highest BCUT2D eigenvalue weighted by Gasteiger charge is 2.50. The van der Waals surface area contributed by atoms with Gasteiger partial charge in [-0.25, -0.2) is 4.79 Å². The first-order valence-corrected chi connectivity index (χ1v) is 11.0. The number of Topliss-reactive ketones (excluding diaryl/α,β-unsaturated/α-hetero) is 1. The van der Waals surface area contributed by atoms with Crippen LogP contribution in [0.15, 0.2) is 60.7 Å². The molecule has 1 saturated heterocycles. The summed E-state index contributed by atoms with van der Waals surface area (Å²) >= 11 is 0. The van der Waals surface area contributed by atoms with Gasteiger partial charge in [-0.3, -0.25) is 24.1 Å². The largest absolute Gasteiger partial charge is 0.452 e. The van der Waals surface area contributed by atoms with Crippen LogP contribution in [0.2, 0.25) is 0 Å². The van der Waals surface area contributed by atoms with Crippen LogP contribution >= 0.6 is 0 Å². The molecule has 8 nitrogen and oxygen atoms in total. The molecule has 3 amide bonds. The number of carbonyl (C=O) groups is 5. The zero-order valence-electron chi connectivity index (χ0n) is 18.8. The molecule has 34 heavy (non-hydrogen) atoms. The predicted molar refractivity (Wildman–Crippen MR) is 124 cm³/mol. The highest BCUT2D eigenvalue weighted by Crippen LogP contribution is 2.40. The Hall–Kier alpha value is -4.07. The molecule has 174 valence electrons. The molecule has 1 aliphatic carbocycles. The summed E-state index contributed by atoms with van der Waals surface area (Å²) in [4.78, 5) is 62.8. The summed E-state index contributed by atoms with van der Waals surface area (Å²) in [5.41, 5.74) is 1.45. The summed E-state index contributed by atoms with van der Waals surface area (Å²) in [5.74, 6) is -2.59. The number of ether oxygens (including phenoxy) is 1. The fourth-order valence-corrected chi connectivity index (χ4v) is 4.38. The third-order valence-corrected chi connectivity index (χ3v) is 6.12. The van der Waals surface area contributed by atoms with Crippen molar-refractivity contribution in [2.45, 2.75) is 20.3 Å². The van der Waals surface area contributed by atoms with Crippen molar-refractivity contribution >= 4 is 40.8 Å². The van der Waals surface area contributed by atoms with Gasteiger partial charge in [-0.1, -0.05) is 31.2 Å². The molecular formula is C26H24N2O6. The Bertz CT molecular complexity index is 1200. The van der Waals surface area contributed by atoms with Crippen molar-refractivity contribution in [2.24, 2.45) is 17.8 Å². The summed E-state index contributed by atoms with van der Waals surface area (Å²) in [6, 6.07) is 12.4. The van der Waals surface area contributed by atoms with Crippen LogP contribution < -0.4 is 10.2 Å². The molecule has 0 bridgehead atoms. The summed E-state index contributed by atoms with van der Waals surface area (Å²) in [7, 11) is 0. The first-order chi connectivity index (χ1) is 16.3. The number of benzene rings is 2. The van der Waals surface area contributed by atoms with E-state index in [1.54, 1.807) is 18.2 Å². The monoisotopic (exact) mass is 460 g/mol. The van der Waals surface area contributed by atoms with Crippen molar-refractivity contribution in [3.63, 3.8) is 0 Å². The van der Waals surface area contributed by atoms with E-state index in [9.17, 15) is 24.0 Å². The van der Waals surface area contributed by atoms with E-state index in [4.69, 9.17) is 4.74 Å². The third kappa shape index (κ3) is 4.52. The normalized spacial score (nSPS) is 21.2. The zero-order valence-corrected chi connectivity index (χ0v) is 18.8. The number of allylic oxidation sites excluding steroid dienone is 2. The molecule has 0 radical (unpaired) electrons. The number of anilines is 2. The molecular weight excluding hydrogens is 436 g/mol. The number of hydrogen-bond acceptors (Lipinski definition) is 6. The number of amides is 3. The Labute approximate surface area is 196 Å². The number of ketones is 1. The maximum absolute atomic E-state index is 12.9. The van der Waals surface area contributed by atoms with Gasteiger partial charge in [0, 0.05) is 11.3 Å². The van der Waals surface area contributed by atoms with E-state index in [1.807, 2.05) is 19.1 Å². The summed E-state index contributed by atoms with van der Waals surface area (Å²) in [5, 5.41) is 2.57. The number of carbonyl (C=O) groups excluding carboxylic acids is 5. The molecule has 3 atom stereocenters.